The molecule has 0 atom stereocenters. The van der Waals surface area contributed by atoms with Gasteiger partial charge in [-0.25, -0.2) is 4.68 Å². The SMILES string of the molecule is CCCCn1nnnc1CSc1nnc(-c2c[nH]c3ccccc23)o1. The highest BCUT2D eigenvalue weighted by atomic mass is 32.2. The summed E-state index contributed by atoms with van der Waals surface area (Å²) in [6, 6.07) is 8.02. The molecule has 0 fully saturated rings. The Kier molecular flexibility index (Phi) is 4.47. The summed E-state index contributed by atoms with van der Waals surface area (Å²) < 4.78 is 7.63. The Labute approximate surface area is 148 Å². The molecule has 4 rings (SSSR count). The van der Waals surface area contributed by atoms with Crippen LogP contribution in [-0.2, 0) is 12.3 Å². The normalized spacial score (nSPS) is 11.4. The van der Waals surface area contributed by atoms with Crippen LogP contribution in [0.2, 0.25) is 0 Å². The van der Waals surface area contributed by atoms with Gasteiger partial charge in [0.15, 0.2) is 5.82 Å². The Hall–Kier alpha value is -2.68. The Morgan fingerprint density at radius 2 is 2.12 bits per heavy atom. The second-order valence-corrected chi connectivity index (χ2v) is 6.51. The van der Waals surface area contributed by atoms with E-state index in [-0.39, 0.29) is 0 Å². The smallest absolute Gasteiger partial charge is 0.277 e. The van der Waals surface area contributed by atoms with Crippen molar-refractivity contribution in [2.24, 2.45) is 0 Å². The largest absolute Gasteiger partial charge is 0.411 e. The first-order chi connectivity index (χ1) is 12.3. The second kappa shape index (κ2) is 7.06. The quantitative estimate of drug-likeness (QED) is 0.508. The van der Waals surface area contributed by atoms with Crippen molar-refractivity contribution >= 4 is 22.7 Å². The molecule has 9 heteroatoms. The molecule has 3 aromatic heterocycles. The minimum absolute atomic E-state index is 0.505. The highest BCUT2D eigenvalue weighted by Gasteiger charge is 2.14. The molecule has 0 saturated heterocycles. The average molecular weight is 355 g/mol. The third kappa shape index (κ3) is 3.27. The monoisotopic (exact) mass is 355 g/mol. The Balaban J connectivity index is 1.48. The van der Waals surface area contributed by atoms with Crippen molar-refractivity contribution < 1.29 is 4.42 Å². The number of benzene rings is 1. The number of nitrogens with one attached hydrogen (secondary N) is 1. The number of H-pyrrole nitrogens is 1. The lowest BCUT2D eigenvalue weighted by Gasteiger charge is -2.01. The summed E-state index contributed by atoms with van der Waals surface area (Å²) in [5.41, 5.74) is 1.95. The lowest BCUT2D eigenvalue weighted by molar-refractivity contribution is 0.465. The maximum absolute atomic E-state index is 5.80. The van der Waals surface area contributed by atoms with Crippen LogP contribution in [-0.4, -0.2) is 35.4 Å². The fourth-order valence-electron chi connectivity index (χ4n) is 2.56. The molecule has 0 amide bonds. The lowest BCUT2D eigenvalue weighted by atomic mass is 10.2. The number of tetrazole rings is 1. The highest BCUT2D eigenvalue weighted by Crippen LogP contribution is 2.30. The van der Waals surface area contributed by atoms with Crippen LogP contribution in [0.25, 0.3) is 22.4 Å². The zero-order valence-electron chi connectivity index (χ0n) is 13.7. The van der Waals surface area contributed by atoms with E-state index in [1.807, 2.05) is 35.1 Å². The molecule has 0 bridgehead atoms. The van der Waals surface area contributed by atoms with Crippen LogP contribution in [0.3, 0.4) is 0 Å². The zero-order valence-corrected chi connectivity index (χ0v) is 14.5. The third-order valence-corrected chi connectivity index (χ3v) is 4.69. The first-order valence-electron chi connectivity index (χ1n) is 8.13. The molecule has 0 aliphatic carbocycles. The summed E-state index contributed by atoms with van der Waals surface area (Å²) in [5, 5.41) is 21.7. The van der Waals surface area contributed by atoms with Gasteiger partial charge in [-0.3, -0.25) is 0 Å². The van der Waals surface area contributed by atoms with E-state index in [0.29, 0.717) is 16.9 Å². The van der Waals surface area contributed by atoms with Gasteiger partial charge in [0.25, 0.3) is 11.1 Å². The van der Waals surface area contributed by atoms with E-state index in [1.54, 1.807) is 0 Å². The maximum Gasteiger partial charge on any atom is 0.277 e. The summed E-state index contributed by atoms with van der Waals surface area (Å²) >= 11 is 1.44. The molecule has 0 saturated carbocycles. The van der Waals surface area contributed by atoms with Gasteiger partial charge in [-0.1, -0.05) is 43.3 Å². The first kappa shape index (κ1) is 15.8. The summed E-state index contributed by atoms with van der Waals surface area (Å²) in [7, 11) is 0. The molecule has 3 heterocycles. The fourth-order valence-corrected chi connectivity index (χ4v) is 3.26. The van der Waals surface area contributed by atoms with Crippen LogP contribution in [0.5, 0.6) is 0 Å². The predicted molar refractivity (Wildman–Crippen MR) is 93.9 cm³/mol. The van der Waals surface area contributed by atoms with Crippen LogP contribution < -0.4 is 0 Å². The third-order valence-electron chi connectivity index (χ3n) is 3.88. The number of aromatic nitrogens is 7. The van der Waals surface area contributed by atoms with E-state index >= 15 is 0 Å². The maximum atomic E-state index is 5.80. The first-order valence-corrected chi connectivity index (χ1v) is 9.11. The number of hydrogen-bond acceptors (Lipinski definition) is 7. The van der Waals surface area contributed by atoms with Crippen LogP contribution in [0, 0.1) is 0 Å². The van der Waals surface area contributed by atoms with E-state index < -0.39 is 0 Å². The summed E-state index contributed by atoms with van der Waals surface area (Å²) in [5.74, 6) is 1.91. The predicted octanol–water partition coefficient (Wildman–Crippen LogP) is 3.30. The molecule has 25 heavy (non-hydrogen) atoms. The molecular weight excluding hydrogens is 338 g/mol. The van der Waals surface area contributed by atoms with Crippen molar-refractivity contribution in [1.29, 1.82) is 0 Å². The minimum atomic E-state index is 0.505. The molecule has 1 N–H and O–H groups in total. The Morgan fingerprint density at radius 3 is 3.04 bits per heavy atom. The standard InChI is InChI=1S/C16H17N7OS/c1-2-3-8-23-14(18-21-22-23)10-25-16-20-19-15(24-16)12-9-17-13-7-5-4-6-11(12)13/h4-7,9,17H,2-3,8,10H2,1H3. The highest BCUT2D eigenvalue weighted by molar-refractivity contribution is 7.98. The van der Waals surface area contributed by atoms with Gasteiger partial charge < -0.3 is 9.40 Å². The van der Waals surface area contributed by atoms with E-state index in [9.17, 15) is 0 Å². The number of nitrogens with zero attached hydrogens (tertiary/aromatic N) is 6. The number of aromatic amines is 1. The van der Waals surface area contributed by atoms with Gasteiger partial charge in [-0.05, 0) is 22.9 Å². The summed E-state index contributed by atoms with van der Waals surface area (Å²) in [4.78, 5) is 3.21. The second-order valence-electron chi connectivity index (χ2n) is 5.58. The van der Waals surface area contributed by atoms with Crippen LogP contribution in [0.4, 0.5) is 0 Å². The van der Waals surface area contributed by atoms with Crippen LogP contribution in [0.1, 0.15) is 25.6 Å². The average Bonchev–Trinajstić information content (AvgIpc) is 3.36. The van der Waals surface area contributed by atoms with Crippen LogP contribution >= 0.6 is 11.8 Å². The number of fused-ring (bicyclic) bond motifs is 1. The van der Waals surface area contributed by atoms with Gasteiger partial charge in [-0.15, -0.1) is 15.3 Å². The molecule has 4 aromatic rings. The molecule has 0 spiro atoms. The molecule has 0 aliphatic rings. The molecule has 128 valence electrons. The van der Waals surface area contributed by atoms with E-state index in [1.165, 1.54) is 11.8 Å². The Bertz CT molecular complexity index is 974. The van der Waals surface area contributed by atoms with Gasteiger partial charge >= 0.3 is 0 Å². The number of para-hydroxylation sites is 1. The van der Waals surface area contributed by atoms with Crippen molar-refractivity contribution in [1.82, 2.24) is 35.4 Å². The molecule has 1 aromatic carbocycles. The zero-order chi connectivity index (χ0) is 17.1. The Morgan fingerprint density at radius 1 is 1.20 bits per heavy atom. The molecule has 0 aliphatic heterocycles. The number of unbranched alkanes of at least 4 members (excludes halogenated alkanes) is 1. The van der Waals surface area contributed by atoms with E-state index in [4.69, 9.17) is 4.42 Å². The van der Waals surface area contributed by atoms with Gasteiger partial charge in [0, 0.05) is 23.6 Å². The van der Waals surface area contributed by atoms with Crippen molar-refractivity contribution in [3.63, 3.8) is 0 Å². The van der Waals surface area contributed by atoms with E-state index in [2.05, 4.69) is 37.6 Å². The molecule has 0 unspecified atom stereocenters. The van der Waals surface area contributed by atoms with Gasteiger partial charge in [0.05, 0.1) is 11.3 Å². The minimum Gasteiger partial charge on any atom is -0.411 e. The summed E-state index contributed by atoms with van der Waals surface area (Å²) in [6.07, 6.45) is 4.04. The van der Waals surface area contributed by atoms with Gasteiger partial charge in [0.2, 0.25) is 0 Å². The summed E-state index contributed by atoms with van der Waals surface area (Å²) in [6.45, 7) is 2.97. The fraction of sp³-hybridized carbons (Fsp3) is 0.312. The van der Waals surface area contributed by atoms with E-state index in [0.717, 1.165) is 41.7 Å². The lowest BCUT2D eigenvalue weighted by Crippen LogP contribution is -2.04. The molecule has 0 radical (unpaired) electrons. The van der Waals surface area contributed by atoms with Crippen molar-refractivity contribution in [3.05, 3.63) is 36.3 Å². The van der Waals surface area contributed by atoms with Gasteiger partial charge in [-0.2, -0.15) is 0 Å². The molecular formula is C16H17N7OS. The number of thioether (sulfide) groups is 1. The van der Waals surface area contributed by atoms with Crippen LogP contribution in [0.15, 0.2) is 40.1 Å². The van der Waals surface area contributed by atoms with Crippen molar-refractivity contribution in [3.8, 4) is 11.5 Å². The number of aryl methyl sites for hydroxylation is 1. The van der Waals surface area contributed by atoms with Crippen molar-refractivity contribution in [2.75, 3.05) is 0 Å². The number of rotatable bonds is 7. The number of hydrogen-bond donors (Lipinski definition) is 1. The molecule has 8 nitrogen and oxygen atoms in total. The topological polar surface area (TPSA) is 98.3 Å². The van der Waals surface area contributed by atoms with Crippen molar-refractivity contribution in [2.45, 2.75) is 37.3 Å². The van der Waals surface area contributed by atoms with Gasteiger partial charge in [0.1, 0.15) is 0 Å².